The molecule has 17 nitrogen and oxygen atoms in total. The van der Waals surface area contributed by atoms with Crippen LogP contribution in [0.15, 0.2) is 0 Å². The Bertz CT molecular complexity index is 1820. The van der Waals surface area contributed by atoms with Crippen LogP contribution in [0.25, 0.3) is 0 Å². The van der Waals surface area contributed by atoms with Crippen LogP contribution >= 0.6 is 15.6 Å². The van der Waals surface area contributed by atoms with E-state index < -0.39 is 97.5 Å². The third kappa shape index (κ3) is 64.1. The third-order valence-electron chi connectivity index (χ3n) is 17.5. The SMILES string of the molecule is CCC(C)CCCCCCCCC(=O)OC[C@H](COP(=O)(O)OC[C@H](O)COP(=O)(O)OC[C@@H](COC(=O)CCCCCCCCCCCCC(C)C)OC(=O)CCCCCCCCCCCCCCCCCCC(C)C)OC(=O)CCCCCCCCC(C)CC. The van der Waals surface area contributed by atoms with Gasteiger partial charge in [0.05, 0.1) is 26.4 Å². The highest BCUT2D eigenvalue weighted by Crippen LogP contribution is 2.45. The second-order valence-corrected chi connectivity index (χ2v) is 30.7. The fourth-order valence-corrected chi connectivity index (χ4v) is 12.5. The summed E-state index contributed by atoms with van der Waals surface area (Å²) in [5, 5.41) is 10.6. The van der Waals surface area contributed by atoms with Crippen molar-refractivity contribution in [1.82, 2.24) is 0 Å². The predicted octanol–water partition coefficient (Wildman–Crippen LogP) is 20.9. The van der Waals surface area contributed by atoms with Crippen molar-refractivity contribution >= 4 is 39.5 Å². The number of phosphoric acid groups is 2. The molecule has 0 saturated carbocycles. The van der Waals surface area contributed by atoms with Crippen LogP contribution in [0.3, 0.4) is 0 Å². The van der Waals surface area contributed by atoms with Gasteiger partial charge in [-0.25, -0.2) is 9.13 Å². The van der Waals surface area contributed by atoms with Crippen LogP contribution in [0.5, 0.6) is 0 Å². The average Bonchev–Trinajstić information content (AvgIpc) is 2.64. The van der Waals surface area contributed by atoms with Gasteiger partial charge < -0.3 is 33.8 Å². The standard InChI is InChI=1S/C73H142O17P2/c1-9-65(7)51-43-35-29-31-38-46-54-71(76)84-60-69(90-73(78)56-48-40-32-30-36-44-52-66(8)10-2)62-88-92(81,82)86-58-67(74)57-85-91(79,80)87-61-68(59-83-70(75)53-45-37-27-23-20-19-22-26-34-42-50-64(5)6)89-72(77)55-47-39-28-24-18-16-14-12-11-13-15-17-21-25-33-41-49-63(3)4/h63-69,74H,9-62H2,1-8H3,(H,79,80)(H,81,82)/t65?,66?,67-,68-,69-/m1/s1. The molecule has 0 aromatic heterocycles. The molecule has 0 radical (unpaired) electrons. The molecular formula is C73H142O17P2. The van der Waals surface area contributed by atoms with Gasteiger partial charge >= 0.3 is 39.5 Å². The maximum absolute atomic E-state index is 13.1. The highest BCUT2D eigenvalue weighted by Gasteiger charge is 2.30. The highest BCUT2D eigenvalue weighted by molar-refractivity contribution is 7.47. The van der Waals surface area contributed by atoms with Crippen LogP contribution in [-0.4, -0.2) is 96.7 Å². The molecule has 0 fully saturated rings. The molecule has 0 heterocycles. The molecule has 0 rings (SSSR count). The molecule has 0 amide bonds. The molecule has 0 saturated heterocycles. The van der Waals surface area contributed by atoms with Gasteiger partial charge in [0.25, 0.3) is 0 Å². The van der Waals surface area contributed by atoms with Crippen molar-refractivity contribution in [1.29, 1.82) is 0 Å². The van der Waals surface area contributed by atoms with Gasteiger partial charge in [0, 0.05) is 25.7 Å². The van der Waals surface area contributed by atoms with Crippen LogP contribution in [0.2, 0.25) is 0 Å². The average molecular weight is 1350 g/mol. The largest absolute Gasteiger partial charge is 0.472 e. The molecule has 92 heavy (non-hydrogen) atoms. The summed E-state index contributed by atoms with van der Waals surface area (Å²) in [5.41, 5.74) is 0. The summed E-state index contributed by atoms with van der Waals surface area (Å²) in [5.74, 6) is 0.890. The first kappa shape index (κ1) is 90.1. The number of hydrogen-bond donors (Lipinski definition) is 3. The van der Waals surface area contributed by atoms with E-state index in [0.29, 0.717) is 25.7 Å². The second-order valence-electron chi connectivity index (χ2n) is 27.8. The maximum Gasteiger partial charge on any atom is 0.472 e. The van der Waals surface area contributed by atoms with E-state index in [-0.39, 0.29) is 25.7 Å². The zero-order valence-corrected chi connectivity index (χ0v) is 62.0. The van der Waals surface area contributed by atoms with Crippen LogP contribution in [0.1, 0.15) is 364 Å². The first-order chi connectivity index (χ1) is 44.2. The van der Waals surface area contributed by atoms with Gasteiger partial charge in [-0.05, 0) is 49.4 Å². The molecule has 7 atom stereocenters. The number of carbonyl (C=O) groups is 4. The molecule has 0 aliphatic carbocycles. The van der Waals surface area contributed by atoms with Crippen molar-refractivity contribution < 1.29 is 80.2 Å². The summed E-state index contributed by atoms with van der Waals surface area (Å²) in [6, 6.07) is 0. The number of aliphatic hydroxyl groups excluding tert-OH is 1. The molecule has 0 bridgehead atoms. The van der Waals surface area contributed by atoms with E-state index in [4.69, 9.17) is 37.0 Å². The molecule has 0 aromatic rings. The van der Waals surface area contributed by atoms with Crippen molar-refractivity contribution in [2.75, 3.05) is 39.6 Å². The molecule has 0 spiro atoms. The topological polar surface area (TPSA) is 237 Å². The number of esters is 4. The van der Waals surface area contributed by atoms with E-state index in [9.17, 15) is 43.2 Å². The zero-order valence-electron chi connectivity index (χ0n) is 60.2. The van der Waals surface area contributed by atoms with Gasteiger partial charge in [-0.1, -0.05) is 312 Å². The minimum atomic E-state index is -4.96. The van der Waals surface area contributed by atoms with Crippen LogP contribution in [0.4, 0.5) is 0 Å². The first-order valence-corrected chi connectivity index (χ1v) is 40.8. The number of hydrogen-bond acceptors (Lipinski definition) is 15. The Hall–Kier alpha value is -1.94. The smallest absolute Gasteiger partial charge is 0.462 e. The number of unbranched alkanes of at least 4 members (excludes halogenated alkanes) is 34. The molecule has 0 aliphatic heterocycles. The van der Waals surface area contributed by atoms with E-state index in [0.717, 1.165) is 120 Å². The summed E-state index contributed by atoms with van der Waals surface area (Å²) in [6.45, 7) is 14.1. The lowest BCUT2D eigenvalue weighted by molar-refractivity contribution is -0.161. The Kier molecular flexibility index (Phi) is 61.3. The summed E-state index contributed by atoms with van der Waals surface area (Å²) >= 11 is 0. The normalized spacial score (nSPS) is 14.8. The Morgan fingerprint density at radius 1 is 0.304 bits per heavy atom. The van der Waals surface area contributed by atoms with Crippen molar-refractivity contribution in [2.45, 2.75) is 382 Å². The van der Waals surface area contributed by atoms with Gasteiger partial charge in [0.2, 0.25) is 0 Å². The van der Waals surface area contributed by atoms with Gasteiger partial charge in [-0.3, -0.25) is 37.3 Å². The summed E-state index contributed by atoms with van der Waals surface area (Å²) < 4.78 is 68.4. The van der Waals surface area contributed by atoms with E-state index in [1.165, 1.54) is 161 Å². The number of ether oxygens (including phenoxy) is 4. The zero-order chi connectivity index (χ0) is 68.2. The summed E-state index contributed by atoms with van der Waals surface area (Å²) in [4.78, 5) is 72.6. The van der Waals surface area contributed by atoms with Crippen LogP contribution in [0, 0.1) is 23.7 Å². The molecule has 546 valence electrons. The fraction of sp³-hybridized carbons (Fsp3) is 0.945. The molecule has 3 N–H and O–H groups in total. The Labute approximate surface area is 562 Å². The molecular weight excluding hydrogens is 1210 g/mol. The lowest BCUT2D eigenvalue weighted by atomic mass is 10.00. The van der Waals surface area contributed by atoms with Crippen molar-refractivity contribution in [3.05, 3.63) is 0 Å². The molecule has 19 heteroatoms. The number of carbonyl (C=O) groups excluding carboxylic acids is 4. The second kappa shape index (κ2) is 62.6. The van der Waals surface area contributed by atoms with Crippen molar-refractivity contribution in [3.63, 3.8) is 0 Å². The Morgan fingerprint density at radius 3 is 0.772 bits per heavy atom. The predicted molar refractivity (Wildman–Crippen MR) is 372 cm³/mol. The minimum absolute atomic E-state index is 0.102. The van der Waals surface area contributed by atoms with Crippen molar-refractivity contribution in [2.24, 2.45) is 23.7 Å². The lowest BCUT2D eigenvalue weighted by Gasteiger charge is -2.21. The Morgan fingerprint density at radius 2 is 0.522 bits per heavy atom. The molecule has 4 unspecified atom stereocenters. The van der Waals surface area contributed by atoms with E-state index in [1.54, 1.807) is 0 Å². The lowest BCUT2D eigenvalue weighted by Crippen LogP contribution is -2.30. The quantitative estimate of drug-likeness (QED) is 0.0222. The summed E-state index contributed by atoms with van der Waals surface area (Å²) in [6.07, 6.45) is 45.9. The number of phosphoric ester groups is 2. The van der Waals surface area contributed by atoms with Crippen LogP contribution < -0.4 is 0 Å². The van der Waals surface area contributed by atoms with E-state index in [1.807, 2.05) is 0 Å². The van der Waals surface area contributed by atoms with E-state index >= 15 is 0 Å². The third-order valence-corrected chi connectivity index (χ3v) is 19.4. The maximum atomic E-state index is 13.1. The van der Waals surface area contributed by atoms with Gasteiger partial charge in [-0.15, -0.1) is 0 Å². The van der Waals surface area contributed by atoms with Gasteiger partial charge in [0.1, 0.15) is 19.3 Å². The number of rotatable bonds is 70. The van der Waals surface area contributed by atoms with Crippen LogP contribution in [-0.2, 0) is 65.4 Å². The van der Waals surface area contributed by atoms with Gasteiger partial charge in [0.15, 0.2) is 12.2 Å². The molecule has 0 aliphatic rings. The van der Waals surface area contributed by atoms with Gasteiger partial charge in [-0.2, -0.15) is 0 Å². The molecule has 0 aromatic carbocycles. The monoisotopic (exact) mass is 1350 g/mol. The summed E-state index contributed by atoms with van der Waals surface area (Å²) in [7, 11) is -9.91. The van der Waals surface area contributed by atoms with E-state index in [2.05, 4.69) is 55.4 Å². The van der Waals surface area contributed by atoms with Crippen molar-refractivity contribution in [3.8, 4) is 0 Å². The highest BCUT2D eigenvalue weighted by atomic mass is 31.2. The Balaban J connectivity index is 5.23. The minimum Gasteiger partial charge on any atom is -0.462 e. The number of aliphatic hydroxyl groups is 1. The first-order valence-electron chi connectivity index (χ1n) is 37.8. The fourth-order valence-electron chi connectivity index (χ4n) is 11.0.